The predicted octanol–water partition coefficient (Wildman–Crippen LogP) is 2.42. The minimum Gasteiger partial charge on any atom is -0.351 e. The highest BCUT2D eigenvalue weighted by Gasteiger charge is 2.17. The van der Waals surface area contributed by atoms with E-state index in [4.69, 9.17) is 12.2 Å². The van der Waals surface area contributed by atoms with Gasteiger partial charge in [-0.05, 0) is 43.6 Å². The zero-order valence-electron chi connectivity index (χ0n) is 10.5. The van der Waals surface area contributed by atoms with Gasteiger partial charge in [0.1, 0.15) is 6.33 Å². The van der Waals surface area contributed by atoms with Crippen LogP contribution < -0.4 is 5.32 Å². The Bertz CT molecular complexity index is 606. The van der Waals surface area contributed by atoms with Gasteiger partial charge in [0, 0.05) is 12.2 Å². The number of rotatable bonds is 4. The molecule has 1 saturated carbocycles. The Labute approximate surface area is 116 Å². The molecule has 2 aromatic heterocycles. The van der Waals surface area contributed by atoms with E-state index in [0.29, 0.717) is 23.3 Å². The number of nitrogens with one attached hydrogen (secondary N) is 1. The number of nitrogens with zero attached hydrogens (tertiary/aromatic N) is 4. The van der Waals surface area contributed by atoms with Gasteiger partial charge >= 0.3 is 0 Å². The van der Waals surface area contributed by atoms with E-state index in [1.54, 1.807) is 12.5 Å². The van der Waals surface area contributed by atoms with Gasteiger partial charge in [-0.15, -0.1) is 0 Å². The Morgan fingerprint density at radius 3 is 2.84 bits per heavy atom. The van der Waals surface area contributed by atoms with Crippen molar-refractivity contribution in [3.8, 4) is 0 Å². The van der Waals surface area contributed by atoms with Crippen LogP contribution in [-0.2, 0) is 6.54 Å². The monoisotopic (exact) mass is 273 g/mol. The molecule has 19 heavy (non-hydrogen) atoms. The first-order valence-corrected chi connectivity index (χ1v) is 6.82. The lowest BCUT2D eigenvalue weighted by molar-refractivity contribution is 0.442. The van der Waals surface area contributed by atoms with E-state index in [0.717, 1.165) is 5.69 Å². The van der Waals surface area contributed by atoms with Crippen LogP contribution in [-0.4, -0.2) is 25.6 Å². The second kappa shape index (κ2) is 5.44. The molecule has 2 aromatic rings. The van der Waals surface area contributed by atoms with Crippen LogP contribution in [0.5, 0.6) is 0 Å². The lowest BCUT2D eigenvalue weighted by Crippen LogP contribution is -2.28. The van der Waals surface area contributed by atoms with Gasteiger partial charge in [-0.25, -0.2) is 4.98 Å². The molecule has 0 aromatic carbocycles. The van der Waals surface area contributed by atoms with Crippen molar-refractivity contribution >= 4 is 18.2 Å². The third-order valence-electron chi connectivity index (χ3n) is 3.26. The van der Waals surface area contributed by atoms with Crippen molar-refractivity contribution in [3.05, 3.63) is 41.2 Å². The minimum atomic E-state index is 0.515. The van der Waals surface area contributed by atoms with E-state index < -0.39 is 0 Å². The summed E-state index contributed by atoms with van der Waals surface area (Å²) in [5.74, 6) is 0.631. The van der Waals surface area contributed by atoms with E-state index in [2.05, 4.69) is 20.3 Å². The summed E-state index contributed by atoms with van der Waals surface area (Å²) in [6, 6.07) is 6.33. The SMILES string of the molecule is S=c1nc(NC2CCC2)ncn1Cc1ccccn1. The average molecular weight is 273 g/mol. The van der Waals surface area contributed by atoms with Crippen molar-refractivity contribution in [2.75, 3.05) is 5.32 Å². The Morgan fingerprint density at radius 2 is 2.21 bits per heavy atom. The molecule has 0 radical (unpaired) electrons. The van der Waals surface area contributed by atoms with Gasteiger partial charge < -0.3 is 9.88 Å². The molecule has 3 rings (SSSR count). The number of anilines is 1. The molecule has 0 unspecified atom stereocenters. The van der Waals surface area contributed by atoms with Crippen LogP contribution in [0.15, 0.2) is 30.7 Å². The average Bonchev–Trinajstić information content (AvgIpc) is 2.38. The van der Waals surface area contributed by atoms with Gasteiger partial charge in [-0.1, -0.05) is 6.07 Å². The zero-order chi connectivity index (χ0) is 13.1. The van der Waals surface area contributed by atoms with E-state index in [-0.39, 0.29) is 0 Å². The van der Waals surface area contributed by atoms with Crippen LogP contribution in [0, 0.1) is 4.77 Å². The molecule has 0 spiro atoms. The molecular formula is C13H15N5S. The highest BCUT2D eigenvalue weighted by atomic mass is 32.1. The normalized spacial score (nSPS) is 14.9. The molecule has 0 amide bonds. The Hall–Kier alpha value is -1.82. The maximum Gasteiger partial charge on any atom is 0.227 e. The van der Waals surface area contributed by atoms with Crippen molar-refractivity contribution < 1.29 is 0 Å². The van der Waals surface area contributed by atoms with Gasteiger partial charge in [0.2, 0.25) is 10.7 Å². The van der Waals surface area contributed by atoms with Crippen LogP contribution in [0.25, 0.3) is 0 Å². The molecule has 98 valence electrons. The molecule has 6 heteroatoms. The molecule has 5 nitrogen and oxygen atoms in total. The molecule has 0 atom stereocenters. The molecule has 0 saturated heterocycles. The van der Waals surface area contributed by atoms with Gasteiger partial charge in [0.15, 0.2) is 0 Å². The molecule has 0 bridgehead atoms. The first-order valence-electron chi connectivity index (χ1n) is 6.41. The molecule has 0 aliphatic heterocycles. The third-order valence-corrected chi connectivity index (χ3v) is 3.59. The van der Waals surface area contributed by atoms with Gasteiger partial charge in [-0.3, -0.25) is 4.98 Å². The first-order chi connectivity index (χ1) is 9.31. The van der Waals surface area contributed by atoms with Gasteiger partial charge in [0.05, 0.1) is 12.2 Å². The largest absolute Gasteiger partial charge is 0.351 e. The van der Waals surface area contributed by atoms with Gasteiger partial charge in [-0.2, -0.15) is 4.98 Å². The highest BCUT2D eigenvalue weighted by Crippen LogP contribution is 2.21. The second-order valence-corrected chi connectivity index (χ2v) is 5.05. The van der Waals surface area contributed by atoms with Crippen LogP contribution >= 0.6 is 12.2 Å². The van der Waals surface area contributed by atoms with Crippen LogP contribution in [0.4, 0.5) is 5.95 Å². The predicted molar refractivity (Wildman–Crippen MR) is 75.5 cm³/mol. The molecule has 2 heterocycles. The summed E-state index contributed by atoms with van der Waals surface area (Å²) < 4.78 is 2.35. The first kappa shape index (κ1) is 12.2. The zero-order valence-corrected chi connectivity index (χ0v) is 11.3. The Balaban J connectivity index is 1.74. The summed E-state index contributed by atoms with van der Waals surface area (Å²) in [5.41, 5.74) is 0.946. The van der Waals surface area contributed by atoms with Crippen molar-refractivity contribution in [1.29, 1.82) is 0 Å². The fourth-order valence-electron chi connectivity index (χ4n) is 1.94. The summed E-state index contributed by atoms with van der Waals surface area (Å²) >= 11 is 5.29. The maximum absolute atomic E-state index is 5.29. The van der Waals surface area contributed by atoms with Crippen molar-refractivity contribution in [2.24, 2.45) is 0 Å². The Morgan fingerprint density at radius 1 is 1.32 bits per heavy atom. The topological polar surface area (TPSA) is 55.6 Å². The number of hydrogen-bond donors (Lipinski definition) is 1. The summed E-state index contributed by atoms with van der Waals surface area (Å²) in [5, 5.41) is 3.29. The summed E-state index contributed by atoms with van der Waals surface area (Å²) in [7, 11) is 0. The minimum absolute atomic E-state index is 0.515. The van der Waals surface area contributed by atoms with E-state index in [1.165, 1.54) is 19.3 Å². The highest BCUT2D eigenvalue weighted by molar-refractivity contribution is 7.71. The van der Waals surface area contributed by atoms with Crippen molar-refractivity contribution in [1.82, 2.24) is 19.5 Å². The smallest absolute Gasteiger partial charge is 0.227 e. The van der Waals surface area contributed by atoms with Crippen LogP contribution in [0.3, 0.4) is 0 Å². The standard InChI is InChI=1S/C13H15N5S/c19-13-17-12(16-10-5-3-6-10)15-9-18(13)8-11-4-1-2-7-14-11/h1-2,4,7,9-10H,3,5-6,8H2,(H,16,17,19). The van der Waals surface area contributed by atoms with E-state index >= 15 is 0 Å². The molecule has 1 aliphatic carbocycles. The maximum atomic E-state index is 5.29. The number of pyridine rings is 1. The fraction of sp³-hybridized carbons (Fsp3) is 0.385. The second-order valence-electron chi connectivity index (χ2n) is 4.68. The van der Waals surface area contributed by atoms with Gasteiger partial charge in [0.25, 0.3) is 0 Å². The summed E-state index contributed by atoms with van der Waals surface area (Å²) in [6.07, 6.45) is 7.17. The molecule has 1 N–H and O–H groups in total. The Kier molecular flexibility index (Phi) is 3.50. The fourth-order valence-corrected chi connectivity index (χ4v) is 2.13. The lowest BCUT2D eigenvalue weighted by atomic mass is 9.93. The number of aromatic nitrogens is 4. The number of hydrogen-bond acceptors (Lipinski definition) is 5. The van der Waals surface area contributed by atoms with E-state index in [9.17, 15) is 0 Å². The summed E-state index contributed by atoms with van der Waals surface area (Å²) in [6.45, 7) is 0.601. The summed E-state index contributed by atoms with van der Waals surface area (Å²) in [4.78, 5) is 12.9. The third kappa shape index (κ3) is 2.96. The quantitative estimate of drug-likeness (QED) is 0.867. The molecule has 1 aliphatic rings. The van der Waals surface area contributed by atoms with Crippen LogP contribution in [0.2, 0.25) is 0 Å². The van der Waals surface area contributed by atoms with Crippen molar-refractivity contribution in [2.45, 2.75) is 31.8 Å². The van der Waals surface area contributed by atoms with Crippen LogP contribution in [0.1, 0.15) is 25.0 Å². The molecular weight excluding hydrogens is 258 g/mol. The van der Waals surface area contributed by atoms with E-state index in [1.807, 2.05) is 22.8 Å². The molecule has 1 fully saturated rings. The lowest BCUT2D eigenvalue weighted by Gasteiger charge is -2.26. The van der Waals surface area contributed by atoms with Crippen molar-refractivity contribution in [3.63, 3.8) is 0 Å².